The van der Waals surface area contributed by atoms with E-state index >= 15 is 0 Å². The van der Waals surface area contributed by atoms with Crippen LogP contribution in [0.1, 0.15) is 6.42 Å². The molecule has 0 atom stereocenters. The normalized spacial score (nSPS) is 16.4. The van der Waals surface area contributed by atoms with Gasteiger partial charge in [-0.3, -0.25) is 9.69 Å². The van der Waals surface area contributed by atoms with Crippen molar-refractivity contribution in [3.63, 3.8) is 0 Å². The van der Waals surface area contributed by atoms with E-state index in [1.165, 1.54) is 24.3 Å². The number of primary sulfonamides is 1. The molecule has 1 aromatic rings. The fourth-order valence-corrected chi connectivity index (χ4v) is 2.71. The molecular weight excluding hydrogens is 328 g/mol. The molecule has 124 valence electrons. The van der Waals surface area contributed by atoms with Crippen molar-refractivity contribution in [3.05, 3.63) is 24.3 Å². The molecule has 1 aromatic carbocycles. The van der Waals surface area contributed by atoms with Crippen LogP contribution in [0.15, 0.2) is 29.2 Å². The Bertz CT molecular complexity index is 584. The summed E-state index contributed by atoms with van der Waals surface area (Å²) in [5, 5.41) is 11.0. The van der Waals surface area contributed by atoms with Crippen LogP contribution in [0, 0.1) is 0 Å². The molecule has 1 aliphatic heterocycles. The van der Waals surface area contributed by atoms with Crippen molar-refractivity contribution in [3.8, 4) is 0 Å². The van der Waals surface area contributed by atoms with E-state index < -0.39 is 10.0 Å². The molecule has 1 aliphatic rings. The molecule has 2 rings (SSSR count). The van der Waals surface area contributed by atoms with Gasteiger partial charge in [0.25, 0.3) is 0 Å². The molecule has 1 amide bonds. The van der Waals surface area contributed by atoms with E-state index in [0.717, 1.165) is 32.6 Å². The number of amides is 1. The summed E-state index contributed by atoms with van der Waals surface area (Å²) in [4.78, 5) is 14.1. The Morgan fingerprint density at radius 1 is 1.23 bits per heavy atom. The standard InChI is InChI=1S/C13H20N4O3S.ClH/c14-21(19,20)12-4-2-11(3-5-12)16-13(18)10-17-8-1-6-15-7-9-17;/h2-5,15H,1,6-10H2,(H,16,18)(H2,14,19,20);1H. The summed E-state index contributed by atoms with van der Waals surface area (Å²) in [6, 6.07) is 5.81. The summed E-state index contributed by atoms with van der Waals surface area (Å²) in [7, 11) is -3.70. The van der Waals surface area contributed by atoms with Gasteiger partial charge >= 0.3 is 0 Å². The Morgan fingerprint density at radius 3 is 2.55 bits per heavy atom. The van der Waals surface area contributed by atoms with Crippen molar-refractivity contribution in [2.75, 3.05) is 38.0 Å². The van der Waals surface area contributed by atoms with Crippen molar-refractivity contribution in [1.82, 2.24) is 10.2 Å². The summed E-state index contributed by atoms with van der Waals surface area (Å²) in [6.07, 6.45) is 1.02. The summed E-state index contributed by atoms with van der Waals surface area (Å²) >= 11 is 0. The number of nitrogens with one attached hydrogen (secondary N) is 2. The zero-order valence-electron chi connectivity index (χ0n) is 12.1. The maximum Gasteiger partial charge on any atom is 0.238 e. The highest BCUT2D eigenvalue weighted by atomic mass is 35.5. The zero-order valence-corrected chi connectivity index (χ0v) is 13.8. The Kier molecular flexibility index (Phi) is 7.24. The average Bonchev–Trinajstić information content (AvgIpc) is 2.67. The first-order valence-corrected chi connectivity index (χ1v) is 8.35. The minimum absolute atomic E-state index is 0. The number of hydrogen-bond donors (Lipinski definition) is 3. The van der Waals surface area contributed by atoms with Crippen LogP contribution >= 0.6 is 12.4 Å². The lowest BCUT2D eigenvalue weighted by molar-refractivity contribution is -0.117. The smallest absolute Gasteiger partial charge is 0.238 e. The van der Waals surface area contributed by atoms with Crippen molar-refractivity contribution >= 4 is 34.0 Å². The van der Waals surface area contributed by atoms with Crippen LogP contribution in [0.4, 0.5) is 5.69 Å². The molecule has 0 bridgehead atoms. The number of sulfonamides is 1. The Balaban J connectivity index is 0.00000242. The van der Waals surface area contributed by atoms with E-state index in [4.69, 9.17) is 5.14 Å². The molecule has 1 heterocycles. The van der Waals surface area contributed by atoms with E-state index in [0.29, 0.717) is 12.2 Å². The second kappa shape index (κ2) is 8.44. The quantitative estimate of drug-likeness (QED) is 0.710. The number of nitrogens with zero attached hydrogens (tertiary/aromatic N) is 1. The largest absolute Gasteiger partial charge is 0.325 e. The third-order valence-electron chi connectivity index (χ3n) is 3.27. The lowest BCUT2D eigenvalue weighted by Gasteiger charge is -2.18. The number of benzene rings is 1. The molecule has 1 fully saturated rings. The number of rotatable bonds is 4. The number of carbonyl (C=O) groups excluding carboxylic acids is 1. The number of anilines is 1. The van der Waals surface area contributed by atoms with Gasteiger partial charge in [-0.1, -0.05) is 0 Å². The SMILES string of the molecule is Cl.NS(=O)(=O)c1ccc(NC(=O)CN2CCCNCC2)cc1. The van der Waals surface area contributed by atoms with Gasteiger partial charge in [0, 0.05) is 18.8 Å². The van der Waals surface area contributed by atoms with Crippen LogP contribution in [0.3, 0.4) is 0 Å². The van der Waals surface area contributed by atoms with Crippen LogP contribution in [0.2, 0.25) is 0 Å². The molecule has 0 aliphatic carbocycles. The summed E-state index contributed by atoms with van der Waals surface area (Å²) in [6.45, 7) is 3.94. The van der Waals surface area contributed by atoms with Crippen molar-refractivity contribution in [2.24, 2.45) is 5.14 Å². The highest BCUT2D eigenvalue weighted by Crippen LogP contribution is 2.12. The minimum atomic E-state index is -3.70. The molecule has 1 saturated heterocycles. The average molecular weight is 349 g/mol. The monoisotopic (exact) mass is 348 g/mol. The van der Waals surface area contributed by atoms with Crippen LogP contribution in [0.5, 0.6) is 0 Å². The van der Waals surface area contributed by atoms with Gasteiger partial charge in [0.2, 0.25) is 15.9 Å². The molecule has 22 heavy (non-hydrogen) atoms. The number of halogens is 1. The molecule has 0 unspecified atom stereocenters. The lowest BCUT2D eigenvalue weighted by Crippen LogP contribution is -2.35. The first-order valence-electron chi connectivity index (χ1n) is 6.81. The van der Waals surface area contributed by atoms with Crippen LogP contribution in [0.25, 0.3) is 0 Å². The van der Waals surface area contributed by atoms with Crippen LogP contribution < -0.4 is 15.8 Å². The second-order valence-corrected chi connectivity index (χ2v) is 6.56. The van der Waals surface area contributed by atoms with E-state index in [2.05, 4.69) is 15.5 Å². The van der Waals surface area contributed by atoms with Gasteiger partial charge in [0.1, 0.15) is 0 Å². The van der Waals surface area contributed by atoms with Gasteiger partial charge in [-0.05, 0) is 43.8 Å². The highest BCUT2D eigenvalue weighted by molar-refractivity contribution is 7.89. The Labute approximate surface area is 136 Å². The van der Waals surface area contributed by atoms with E-state index in [1.54, 1.807) is 0 Å². The third kappa shape index (κ3) is 5.90. The molecule has 4 N–H and O–H groups in total. The predicted molar refractivity (Wildman–Crippen MR) is 87.6 cm³/mol. The number of hydrogen-bond acceptors (Lipinski definition) is 5. The maximum absolute atomic E-state index is 12.0. The van der Waals surface area contributed by atoms with Crippen molar-refractivity contribution in [2.45, 2.75) is 11.3 Å². The molecule has 9 heteroatoms. The maximum atomic E-state index is 12.0. The zero-order chi connectivity index (χ0) is 15.3. The van der Waals surface area contributed by atoms with Gasteiger partial charge in [-0.15, -0.1) is 12.4 Å². The molecule has 7 nitrogen and oxygen atoms in total. The topological polar surface area (TPSA) is 105 Å². The predicted octanol–water partition coefficient (Wildman–Crippen LogP) is -0.0104. The minimum Gasteiger partial charge on any atom is -0.325 e. The van der Waals surface area contributed by atoms with Crippen molar-refractivity contribution in [1.29, 1.82) is 0 Å². The summed E-state index contributed by atoms with van der Waals surface area (Å²) in [5.41, 5.74) is 0.556. The molecular formula is C13H21ClN4O3S. The first kappa shape index (κ1) is 18.9. The van der Waals surface area contributed by atoms with Gasteiger partial charge in [0.15, 0.2) is 0 Å². The summed E-state index contributed by atoms with van der Waals surface area (Å²) in [5.74, 6) is -0.111. The lowest BCUT2D eigenvalue weighted by atomic mass is 10.3. The highest BCUT2D eigenvalue weighted by Gasteiger charge is 2.13. The van der Waals surface area contributed by atoms with Gasteiger partial charge in [-0.25, -0.2) is 13.6 Å². The molecule has 0 aromatic heterocycles. The van der Waals surface area contributed by atoms with E-state index in [1.807, 2.05) is 0 Å². The Hall–Kier alpha value is -1.19. The number of nitrogens with two attached hydrogens (primary N) is 1. The van der Waals surface area contributed by atoms with Gasteiger partial charge in [0.05, 0.1) is 11.4 Å². The first-order chi connectivity index (χ1) is 9.95. The molecule has 0 radical (unpaired) electrons. The molecule has 0 spiro atoms. The Morgan fingerprint density at radius 2 is 1.91 bits per heavy atom. The van der Waals surface area contributed by atoms with Gasteiger partial charge in [-0.2, -0.15) is 0 Å². The fourth-order valence-electron chi connectivity index (χ4n) is 2.19. The van der Waals surface area contributed by atoms with Crippen LogP contribution in [-0.4, -0.2) is 51.9 Å². The molecule has 0 saturated carbocycles. The summed E-state index contributed by atoms with van der Waals surface area (Å²) < 4.78 is 22.3. The number of carbonyl (C=O) groups is 1. The third-order valence-corrected chi connectivity index (χ3v) is 4.20. The van der Waals surface area contributed by atoms with Crippen LogP contribution in [-0.2, 0) is 14.8 Å². The van der Waals surface area contributed by atoms with Gasteiger partial charge < -0.3 is 10.6 Å². The fraction of sp³-hybridized carbons (Fsp3) is 0.462. The van der Waals surface area contributed by atoms with E-state index in [-0.39, 0.29) is 23.2 Å². The van der Waals surface area contributed by atoms with E-state index in [9.17, 15) is 13.2 Å². The van der Waals surface area contributed by atoms with Crippen molar-refractivity contribution < 1.29 is 13.2 Å². The second-order valence-electron chi connectivity index (χ2n) is 5.00.